The van der Waals surface area contributed by atoms with Crippen LogP contribution in [0.3, 0.4) is 0 Å². The molecule has 9 heteroatoms. The number of aromatic amines is 1. The molecule has 9 nitrogen and oxygen atoms in total. The molecule has 6 rings (SSSR count). The van der Waals surface area contributed by atoms with Gasteiger partial charge in [0.05, 0.1) is 30.5 Å². The van der Waals surface area contributed by atoms with Crippen LogP contribution in [0.25, 0.3) is 10.9 Å². The highest BCUT2D eigenvalue weighted by molar-refractivity contribution is 6.00. The predicted molar refractivity (Wildman–Crippen MR) is 126 cm³/mol. The molecular formula is C25H27N5O4. The van der Waals surface area contributed by atoms with Gasteiger partial charge in [-0.25, -0.2) is 0 Å². The first kappa shape index (κ1) is 21.0. The van der Waals surface area contributed by atoms with Crippen molar-refractivity contribution in [3.05, 3.63) is 53.2 Å². The molecule has 0 bridgehead atoms. The zero-order valence-electron chi connectivity index (χ0n) is 19.1. The summed E-state index contributed by atoms with van der Waals surface area (Å²) in [5.41, 5.74) is 3.35. The molecule has 2 aromatic carbocycles. The number of piperidine rings is 1. The van der Waals surface area contributed by atoms with Gasteiger partial charge in [0.2, 0.25) is 0 Å². The number of amides is 2. The van der Waals surface area contributed by atoms with Gasteiger partial charge >= 0.3 is 0 Å². The Balaban J connectivity index is 1.17. The van der Waals surface area contributed by atoms with E-state index in [0.29, 0.717) is 56.0 Å². The topological polar surface area (TPSA) is 99.8 Å². The van der Waals surface area contributed by atoms with Crippen LogP contribution in [-0.4, -0.2) is 72.0 Å². The summed E-state index contributed by atoms with van der Waals surface area (Å²) in [4.78, 5) is 30.3. The van der Waals surface area contributed by atoms with Crippen LogP contribution in [0.15, 0.2) is 36.5 Å². The standard InChI is InChI=1S/C25H27N5O4/c1-16-12-17(13-18-15-26-28-22(16)18)24(32)30-6-4-25(5-7-30)27-23(31)20-14-19(2-3-21(20)34-25)29-8-10-33-11-9-29/h2-3,12-15H,4-11H2,1H3,(H,26,28)(H,27,31). The SMILES string of the molecule is Cc1cc(C(=O)N2CCC3(CC2)NC(=O)c2cc(N4CCOCC4)ccc2O3)cc2cn[nH]c12. The predicted octanol–water partition coefficient (Wildman–Crippen LogP) is 2.46. The summed E-state index contributed by atoms with van der Waals surface area (Å²) in [7, 11) is 0. The highest BCUT2D eigenvalue weighted by atomic mass is 16.5. The first-order valence-electron chi connectivity index (χ1n) is 11.7. The lowest BCUT2D eigenvalue weighted by atomic mass is 9.96. The lowest BCUT2D eigenvalue weighted by Crippen LogP contribution is -2.61. The van der Waals surface area contributed by atoms with E-state index in [1.54, 1.807) is 6.20 Å². The zero-order chi connectivity index (χ0) is 23.3. The van der Waals surface area contributed by atoms with Gasteiger partial charge in [0.15, 0.2) is 5.72 Å². The Morgan fingerprint density at radius 2 is 1.88 bits per heavy atom. The summed E-state index contributed by atoms with van der Waals surface area (Å²) in [6.45, 7) is 5.97. The maximum Gasteiger partial charge on any atom is 0.258 e. The molecule has 34 heavy (non-hydrogen) atoms. The quantitative estimate of drug-likeness (QED) is 0.608. The van der Waals surface area contributed by atoms with Crippen LogP contribution >= 0.6 is 0 Å². The van der Waals surface area contributed by atoms with Gasteiger partial charge in [-0.15, -0.1) is 0 Å². The number of carbonyl (C=O) groups is 2. The number of likely N-dealkylation sites (tertiary alicyclic amines) is 1. The van der Waals surface area contributed by atoms with E-state index in [-0.39, 0.29) is 11.8 Å². The van der Waals surface area contributed by atoms with Crippen LogP contribution in [0.2, 0.25) is 0 Å². The Morgan fingerprint density at radius 3 is 2.68 bits per heavy atom. The molecule has 4 heterocycles. The maximum absolute atomic E-state index is 13.2. The van der Waals surface area contributed by atoms with E-state index in [4.69, 9.17) is 9.47 Å². The number of rotatable bonds is 2. The number of nitrogens with zero attached hydrogens (tertiary/aromatic N) is 3. The first-order valence-corrected chi connectivity index (χ1v) is 11.7. The molecular weight excluding hydrogens is 434 g/mol. The minimum absolute atomic E-state index is 0.0151. The number of aromatic nitrogens is 2. The molecule has 0 radical (unpaired) electrons. The molecule has 3 aliphatic heterocycles. The number of morpholine rings is 1. The van der Waals surface area contributed by atoms with Crippen molar-refractivity contribution in [2.24, 2.45) is 0 Å². The second-order valence-corrected chi connectivity index (χ2v) is 9.25. The Bertz CT molecular complexity index is 1270. The summed E-state index contributed by atoms with van der Waals surface area (Å²) in [5.74, 6) is 0.456. The molecule has 1 aromatic heterocycles. The van der Waals surface area contributed by atoms with Crippen LogP contribution < -0.4 is 15.0 Å². The van der Waals surface area contributed by atoms with Crippen LogP contribution in [0.4, 0.5) is 5.69 Å². The van der Waals surface area contributed by atoms with Crippen molar-refractivity contribution in [1.29, 1.82) is 0 Å². The van der Waals surface area contributed by atoms with Gasteiger partial charge in [0.25, 0.3) is 11.8 Å². The summed E-state index contributed by atoms with van der Waals surface area (Å²) in [6, 6.07) is 9.56. The second-order valence-electron chi connectivity index (χ2n) is 9.25. The van der Waals surface area contributed by atoms with Gasteiger partial charge in [-0.2, -0.15) is 5.10 Å². The number of hydrogen-bond donors (Lipinski definition) is 2. The number of carbonyl (C=O) groups excluding carboxylic acids is 2. The van der Waals surface area contributed by atoms with Gasteiger partial charge in [-0.1, -0.05) is 0 Å². The van der Waals surface area contributed by atoms with Gasteiger partial charge in [0, 0.05) is 55.7 Å². The third-order valence-electron chi connectivity index (χ3n) is 7.08. The molecule has 0 atom stereocenters. The fraction of sp³-hybridized carbons (Fsp3) is 0.400. The zero-order valence-corrected chi connectivity index (χ0v) is 19.1. The molecule has 0 unspecified atom stereocenters. The van der Waals surface area contributed by atoms with Crippen molar-refractivity contribution in [2.45, 2.75) is 25.5 Å². The van der Waals surface area contributed by atoms with E-state index < -0.39 is 5.72 Å². The van der Waals surface area contributed by atoms with Crippen LogP contribution in [-0.2, 0) is 4.74 Å². The maximum atomic E-state index is 13.2. The van der Waals surface area contributed by atoms with E-state index in [9.17, 15) is 9.59 Å². The van der Waals surface area contributed by atoms with Crippen molar-refractivity contribution in [1.82, 2.24) is 20.4 Å². The summed E-state index contributed by atoms with van der Waals surface area (Å²) in [5, 5.41) is 11.1. The fourth-order valence-corrected chi connectivity index (χ4v) is 5.15. The summed E-state index contributed by atoms with van der Waals surface area (Å²) < 4.78 is 11.8. The number of aryl methyl sites for hydroxylation is 1. The molecule has 2 N–H and O–H groups in total. The van der Waals surface area contributed by atoms with E-state index in [1.807, 2.05) is 42.2 Å². The summed E-state index contributed by atoms with van der Waals surface area (Å²) in [6.07, 6.45) is 2.79. The average Bonchev–Trinajstić information content (AvgIpc) is 3.34. The van der Waals surface area contributed by atoms with Crippen LogP contribution in [0.1, 0.15) is 39.1 Å². The minimum Gasteiger partial charge on any atom is -0.467 e. The van der Waals surface area contributed by atoms with Gasteiger partial charge in [0.1, 0.15) is 5.75 Å². The Hall–Kier alpha value is -3.59. The molecule has 3 aromatic rings. The first-order chi connectivity index (χ1) is 16.5. The van der Waals surface area contributed by atoms with Crippen molar-refractivity contribution < 1.29 is 19.1 Å². The Labute approximate surface area is 197 Å². The number of ether oxygens (including phenoxy) is 2. The number of fused-ring (bicyclic) bond motifs is 2. The van der Waals surface area contributed by atoms with E-state index in [1.165, 1.54) is 0 Å². The smallest absolute Gasteiger partial charge is 0.258 e. The highest BCUT2D eigenvalue weighted by Gasteiger charge is 2.43. The number of anilines is 1. The molecule has 176 valence electrons. The average molecular weight is 462 g/mol. The molecule has 0 aliphatic carbocycles. The molecule has 2 amide bonds. The monoisotopic (exact) mass is 461 g/mol. The number of H-pyrrole nitrogens is 1. The molecule has 2 fully saturated rings. The van der Waals surface area contributed by atoms with E-state index in [2.05, 4.69) is 20.4 Å². The van der Waals surface area contributed by atoms with E-state index in [0.717, 1.165) is 35.2 Å². The third-order valence-corrected chi connectivity index (χ3v) is 7.08. The van der Waals surface area contributed by atoms with Crippen LogP contribution in [0, 0.1) is 6.92 Å². The van der Waals surface area contributed by atoms with Gasteiger partial charge in [-0.05, 0) is 42.8 Å². The van der Waals surface area contributed by atoms with Crippen LogP contribution in [0.5, 0.6) is 5.75 Å². The van der Waals surface area contributed by atoms with Crippen molar-refractivity contribution in [3.8, 4) is 5.75 Å². The largest absolute Gasteiger partial charge is 0.467 e. The normalized spacial score (nSPS) is 19.6. The molecule has 2 saturated heterocycles. The Kier molecular flexibility index (Phi) is 4.95. The highest BCUT2D eigenvalue weighted by Crippen LogP contribution is 2.36. The Morgan fingerprint density at radius 1 is 1.09 bits per heavy atom. The lowest BCUT2D eigenvalue weighted by molar-refractivity contribution is -0.0245. The number of benzene rings is 2. The second kappa shape index (κ2) is 8.02. The molecule has 3 aliphatic rings. The number of hydrogen-bond acceptors (Lipinski definition) is 6. The van der Waals surface area contributed by atoms with Crippen molar-refractivity contribution in [2.75, 3.05) is 44.3 Å². The van der Waals surface area contributed by atoms with E-state index >= 15 is 0 Å². The lowest BCUT2D eigenvalue weighted by Gasteiger charge is -2.44. The molecule has 1 spiro atoms. The number of nitrogens with one attached hydrogen (secondary N) is 2. The van der Waals surface area contributed by atoms with Crippen molar-refractivity contribution >= 4 is 28.4 Å². The summed E-state index contributed by atoms with van der Waals surface area (Å²) >= 11 is 0. The van der Waals surface area contributed by atoms with Gasteiger partial charge in [-0.3, -0.25) is 14.7 Å². The van der Waals surface area contributed by atoms with Crippen molar-refractivity contribution in [3.63, 3.8) is 0 Å². The molecule has 0 saturated carbocycles. The minimum atomic E-state index is -0.786. The fourth-order valence-electron chi connectivity index (χ4n) is 5.15. The van der Waals surface area contributed by atoms with Gasteiger partial charge < -0.3 is 24.6 Å². The third kappa shape index (κ3) is 3.56.